The van der Waals surface area contributed by atoms with Crippen LogP contribution in [0.1, 0.15) is 12.8 Å². The third kappa shape index (κ3) is 4.18. The molecule has 8 nitrogen and oxygen atoms in total. The van der Waals surface area contributed by atoms with Gasteiger partial charge in [-0.05, 0) is 44.0 Å². The quantitative estimate of drug-likeness (QED) is 0.596. The molecule has 2 rings (SSSR count). The second-order valence-electron chi connectivity index (χ2n) is 5.82. The molecule has 23 heavy (non-hydrogen) atoms. The molecule has 0 saturated carbocycles. The van der Waals surface area contributed by atoms with Gasteiger partial charge in [-0.15, -0.1) is 0 Å². The fourth-order valence-electron chi connectivity index (χ4n) is 2.54. The van der Waals surface area contributed by atoms with E-state index in [9.17, 15) is 18.5 Å². The molecule has 0 amide bonds. The highest BCUT2D eigenvalue weighted by atomic mass is 32.2. The van der Waals surface area contributed by atoms with Crippen molar-refractivity contribution in [2.75, 3.05) is 39.0 Å². The van der Waals surface area contributed by atoms with Crippen molar-refractivity contribution in [1.82, 2.24) is 9.62 Å². The molecule has 128 valence electrons. The molecule has 0 spiro atoms. The number of nitrogens with zero attached hydrogens (tertiary/aromatic N) is 2. The van der Waals surface area contributed by atoms with Crippen LogP contribution >= 0.6 is 0 Å². The van der Waals surface area contributed by atoms with E-state index in [1.54, 1.807) is 0 Å². The molecule has 2 N–H and O–H groups in total. The Morgan fingerprint density at radius 2 is 2.17 bits per heavy atom. The average molecular weight is 342 g/mol. The molecule has 1 saturated heterocycles. The fourth-order valence-corrected chi connectivity index (χ4v) is 3.46. The van der Waals surface area contributed by atoms with Crippen LogP contribution in [0.5, 0.6) is 0 Å². The molecule has 0 aliphatic carbocycles. The van der Waals surface area contributed by atoms with Gasteiger partial charge in [0, 0.05) is 26.7 Å². The van der Waals surface area contributed by atoms with E-state index in [1.165, 1.54) is 26.2 Å². The summed E-state index contributed by atoms with van der Waals surface area (Å²) in [6.07, 6.45) is 2.16. The molecule has 1 unspecified atom stereocenters. The highest BCUT2D eigenvalue weighted by Crippen LogP contribution is 2.29. The van der Waals surface area contributed by atoms with E-state index in [4.69, 9.17) is 0 Å². The minimum atomic E-state index is -3.69. The molecule has 0 bridgehead atoms. The Kier molecular flexibility index (Phi) is 5.55. The fraction of sp³-hybridized carbons (Fsp3) is 0.571. The van der Waals surface area contributed by atoms with Crippen LogP contribution in [0.3, 0.4) is 0 Å². The van der Waals surface area contributed by atoms with E-state index in [0.717, 1.165) is 36.3 Å². The van der Waals surface area contributed by atoms with Crippen LogP contribution in [0, 0.1) is 16.0 Å². The second-order valence-corrected chi connectivity index (χ2v) is 7.97. The summed E-state index contributed by atoms with van der Waals surface area (Å²) in [5, 5.41) is 17.6. The van der Waals surface area contributed by atoms with Crippen LogP contribution in [0.4, 0.5) is 11.4 Å². The number of anilines is 1. The van der Waals surface area contributed by atoms with Crippen molar-refractivity contribution in [3.8, 4) is 0 Å². The Morgan fingerprint density at radius 1 is 1.43 bits per heavy atom. The Bertz CT molecular complexity index is 669. The minimum absolute atomic E-state index is 0.0842. The molecular formula is C14H22N4O4S. The van der Waals surface area contributed by atoms with Crippen LogP contribution in [-0.4, -0.2) is 51.4 Å². The maximum Gasteiger partial charge on any atom is 0.293 e. The number of nitro groups is 1. The SMILES string of the molecule is CN(C)S(=O)(=O)c1ccc(NCC2CCCNC2)c([N+](=O)[O-])c1. The second kappa shape index (κ2) is 7.24. The standard InChI is InChI=1S/C14H22N4O4S/c1-17(2)23(21,22)12-5-6-13(14(8-12)18(19)20)16-10-11-4-3-7-15-9-11/h5-6,8,11,15-16H,3-4,7,9-10H2,1-2H3. The van der Waals surface area contributed by atoms with Crippen molar-refractivity contribution in [1.29, 1.82) is 0 Å². The predicted octanol–water partition coefficient (Wildman–Crippen LogP) is 1.26. The Labute approximate surface area is 136 Å². The lowest BCUT2D eigenvalue weighted by atomic mass is 10.00. The lowest BCUT2D eigenvalue weighted by Gasteiger charge is -2.23. The minimum Gasteiger partial charge on any atom is -0.379 e. The van der Waals surface area contributed by atoms with Crippen molar-refractivity contribution >= 4 is 21.4 Å². The van der Waals surface area contributed by atoms with Gasteiger partial charge in [-0.2, -0.15) is 0 Å². The van der Waals surface area contributed by atoms with Gasteiger partial charge < -0.3 is 10.6 Å². The summed E-state index contributed by atoms with van der Waals surface area (Å²) in [5.74, 6) is 0.411. The summed E-state index contributed by atoms with van der Waals surface area (Å²) in [5.41, 5.74) is 0.120. The number of hydrogen-bond acceptors (Lipinski definition) is 6. The van der Waals surface area contributed by atoms with Gasteiger partial charge in [-0.3, -0.25) is 10.1 Å². The van der Waals surface area contributed by atoms with Gasteiger partial charge in [0.2, 0.25) is 10.0 Å². The molecule has 1 fully saturated rings. The molecule has 1 aliphatic heterocycles. The van der Waals surface area contributed by atoms with Crippen molar-refractivity contribution in [2.24, 2.45) is 5.92 Å². The number of benzene rings is 1. The summed E-state index contributed by atoms with van der Waals surface area (Å²) >= 11 is 0. The molecule has 1 atom stereocenters. The first-order chi connectivity index (χ1) is 10.8. The first-order valence-electron chi connectivity index (χ1n) is 7.48. The third-order valence-corrected chi connectivity index (χ3v) is 5.74. The maximum atomic E-state index is 12.1. The number of nitrogens with one attached hydrogen (secondary N) is 2. The van der Waals surface area contributed by atoms with E-state index in [-0.39, 0.29) is 10.6 Å². The van der Waals surface area contributed by atoms with Crippen LogP contribution in [0.2, 0.25) is 0 Å². The molecule has 1 aliphatic rings. The van der Waals surface area contributed by atoms with E-state index in [2.05, 4.69) is 10.6 Å². The molecule has 9 heteroatoms. The summed E-state index contributed by atoms with van der Waals surface area (Å²) < 4.78 is 25.2. The summed E-state index contributed by atoms with van der Waals surface area (Å²) in [4.78, 5) is 10.6. The third-order valence-electron chi connectivity index (χ3n) is 3.92. The van der Waals surface area contributed by atoms with E-state index in [0.29, 0.717) is 18.2 Å². The Hall–Kier alpha value is -1.71. The number of sulfonamides is 1. The molecule has 1 aromatic rings. The van der Waals surface area contributed by atoms with Gasteiger partial charge in [0.15, 0.2) is 0 Å². The van der Waals surface area contributed by atoms with Gasteiger partial charge in [0.1, 0.15) is 5.69 Å². The maximum absolute atomic E-state index is 12.1. The first-order valence-corrected chi connectivity index (χ1v) is 8.92. The van der Waals surface area contributed by atoms with Crippen molar-refractivity contribution < 1.29 is 13.3 Å². The predicted molar refractivity (Wildman–Crippen MR) is 88.1 cm³/mol. The average Bonchev–Trinajstić information content (AvgIpc) is 2.53. The number of rotatable bonds is 6. The number of hydrogen-bond donors (Lipinski definition) is 2. The Morgan fingerprint density at radius 3 is 2.74 bits per heavy atom. The lowest BCUT2D eigenvalue weighted by molar-refractivity contribution is -0.384. The molecule has 1 heterocycles. The molecule has 0 aromatic heterocycles. The molecular weight excluding hydrogens is 320 g/mol. The van der Waals surface area contributed by atoms with Crippen molar-refractivity contribution in [3.63, 3.8) is 0 Å². The van der Waals surface area contributed by atoms with Gasteiger partial charge in [0.05, 0.1) is 9.82 Å². The van der Waals surface area contributed by atoms with E-state index < -0.39 is 14.9 Å². The summed E-state index contributed by atoms with van der Waals surface area (Å²) in [7, 11) is -0.909. The highest BCUT2D eigenvalue weighted by molar-refractivity contribution is 7.89. The zero-order valence-corrected chi connectivity index (χ0v) is 14.1. The van der Waals surface area contributed by atoms with Gasteiger partial charge in [-0.1, -0.05) is 0 Å². The highest BCUT2D eigenvalue weighted by Gasteiger charge is 2.23. The Balaban J connectivity index is 2.21. The molecule has 0 radical (unpaired) electrons. The molecule has 1 aromatic carbocycles. The largest absolute Gasteiger partial charge is 0.379 e. The van der Waals surface area contributed by atoms with Crippen LogP contribution in [0.15, 0.2) is 23.1 Å². The lowest BCUT2D eigenvalue weighted by Crippen LogP contribution is -2.33. The van der Waals surface area contributed by atoms with Crippen LogP contribution in [-0.2, 0) is 10.0 Å². The monoisotopic (exact) mass is 342 g/mol. The normalized spacial score (nSPS) is 18.8. The van der Waals surface area contributed by atoms with Crippen molar-refractivity contribution in [2.45, 2.75) is 17.7 Å². The van der Waals surface area contributed by atoms with Crippen LogP contribution < -0.4 is 10.6 Å². The number of nitro benzene ring substituents is 1. The number of piperidine rings is 1. The summed E-state index contributed by atoms with van der Waals surface area (Å²) in [6.45, 7) is 2.51. The van der Waals surface area contributed by atoms with Gasteiger partial charge in [-0.25, -0.2) is 12.7 Å². The summed E-state index contributed by atoms with van der Waals surface area (Å²) in [6, 6.07) is 3.96. The van der Waals surface area contributed by atoms with E-state index in [1.807, 2.05) is 0 Å². The smallest absolute Gasteiger partial charge is 0.293 e. The van der Waals surface area contributed by atoms with Crippen molar-refractivity contribution in [3.05, 3.63) is 28.3 Å². The zero-order chi connectivity index (χ0) is 17.0. The van der Waals surface area contributed by atoms with Gasteiger partial charge in [0.25, 0.3) is 5.69 Å². The van der Waals surface area contributed by atoms with Crippen LogP contribution in [0.25, 0.3) is 0 Å². The topological polar surface area (TPSA) is 105 Å². The zero-order valence-electron chi connectivity index (χ0n) is 13.3. The van der Waals surface area contributed by atoms with E-state index >= 15 is 0 Å². The van der Waals surface area contributed by atoms with Gasteiger partial charge >= 0.3 is 0 Å². The first kappa shape index (κ1) is 17.6.